The minimum Gasteiger partial charge on any atom is -0.368 e. The molecule has 1 heterocycles. The molecular formula is C12H20N4. The molecule has 3 N–H and O–H groups in total. The van der Waals surface area contributed by atoms with Crippen molar-refractivity contribution in [1.82, 2.24) is 9.97 Å². The van der Waals surface area contributed by atoms with Crippen LogP contribution in [0, 0.1) is 12.3 Å². The van der Waals surface area contributed by atoms with E-state index in [2.05, 4.69) is 29.1 Å². The van der Waals surface area contributed by atoms with E-state index in [-0.39, 0.29) is 0 Å². The van der Waals surface area contributed by atoms with Crippen LogP contribution in [0.15, 0.2) is 6.20 Å². The number of nitrogens with one attached hydrogen (secondary N) is 1. The van der Waals surface area contributed by atoms with Crippen molar-refractivity contribution >= 4 is 11.8 Å². The van der Waals surface area contributed by atoms with Crippen LogP contribution in [-0.4, -0.2) is 16.0 Å². The molecule has 2 rings (SSSR count). The highest BCUT2D eigenvalue weighted by molar-refractivity contribution is 5.46. The molecule has 0 spiro atoms. The van der Waals surface area contributed by atoms with E-state index in [1.165, 1.54) is 19.3 Å². The molecule has 1 saturated carbocycles. The van der Waals surface area contributed by atoms with Crippen molar-refractivity contribution in [2.75, 3.05) is 11.1 Å². The van der Waals surface area contributed by atoms with Gasteiger partial charge in [-0.3, -0.25) is 0 Å². The number of nitrogens with two attached hydrogens (primary N) is 1. The summed E-state index contributed by atoms with van der Waals surface area (Å²) in [7, 11) is 0. The molecule has 1 atom stereocenters. The quantitative estimate of drug-likeness (QED) is 0.803. The summed E-state index contributed by atoms with van der Waals surface area (Å²) in [5, 5.41) is 3.47. The van der Waals surface area contributed by atoms with Gasteiger partial charge in [0.25, 0.3) is 0 Å². The molecule has 16 heavy (non-hydrogen) atoms. The van der Waals surface area contributed by atoms with Gasteiger partial charge in [0.1, 0.15) is 5.82 Å². The standard InChI is InChI=1S/C12H20N4/c1-8-7-14-11(13)16-10(8)15-9-4-5-12(2,3)6-9/h7,9H,4-6H2,1-3H3,(H3,13,14,15,16). The third-order valence-corrected chi connectivity index (χ3v) is 3.30. The largest absolute Gasteiger partial charge is 0.368 e. The summed E-state index contributed by atoms with van der Waals surface area (Å²) in [6.45, 7) is 6.63. The molecule has 0 amide bonds. The number of nitrogens with zero attached hydrogens (tertiary/aromatic N) is 2. The molecule has 1 fully saturated rings. The molecule has 4 nitrogen and oxygen atoms in total. The van der Waals surface area contributed by atoms with E-state index in [0.717, 1.165) is 11.4 Å². The highest BCUT2D eigenvalue weighted by Crippen LogP contribution is 2.38. The third kappa shape index (κ3) is 2.43. The van der Waals surface area contributed by atoms with E-state index in [1.54, 1.807) is 6.20 Å². The van der Waals surface area contributed by atoms with E-state index >= 15 is 0 Å². The number of hydrogen-bond donors (Lipinski definition) is 2. The average Bonchev–Trinajstić information content (AvgIpc) is 2.52. The Hall–Kier alpha value is -1.32. The Kier molecular flexibility index (Phi) is 2.74. The molecule has 0 aromatic carbocycles. The zero-order chi connectivity index (χ0) is 11.8. The molecule has 1 aliphatic rings. The highest BCUT2D eigenvalue weighted by Gasteiger charge is 2.31. The van der Waals surface area contributed by atoms with Gasteiger partial charge in [-0.15, -0.1) is 0 Å². The van der Waals surface area contributed by atoms with Gasteiger partial charge in [0.05, 0.1) is 0 Å². The lowest BCUT2D eigenvalue weighted by molar-refractivity contribution is 0.378. The summed E-state index contributed by atoms with van der Waals surface area (Å²) < 4.78 is 0. The summed E-state index contributed by atoms with van der Waals surface area (Å²) >= 11 is 0. The van der Waals surface area contributed by atoms with Crippen LogP contribution in [0.2, 0.25) is 0 Å². The molecule has 0 radical (unpaired) electrons. The highest BCUT2D eigenvalue weighted by atomic mass is 15.1. The summed E-state index contributed by atoms with van der Waals surface area (Å²) in [5.74, 6) is 1.22. The maximum atomic E-state index is 5.59. The van der Waals surface area contributed by atoms with Gasteiger partial charge in [-0.25, -0.2) is 4.98 Å². The lowest BCUT2D eigenvalue weighted by atomic mass is 9.92. The van der Waals surface area contributed by atoms with Gasteiger partial charge in [-0.1, -0.05) is 13.8 Å². The number of aromatic nitrogens is 2. The summed E-state index contributed by atoms with van der Waals surface area (Å²) in [5.41, 5.74) is 7.10. The van der Waals surface area contributed by atoms with Crippen LogP contribution in [0.5, 0.6) is 0 Å². The number of rotatable bonds is 2. The molecule has 1 aromatic rings. The van der Waals surface area contributed by atoms with E-state index in [1.807, 2.05) is 6.92 Å². The van der Waals surface area contributed by atoms with Crippen LogP contribution in [0.4, 0.5) is 11.8 Å². The Morgan fingerprint density at radius 1 is 1.50 bits per heavy atom. The second-order valence-corrected chi connectivity index (χ2v) is 5.51. The summed E-state index contributed by atoms with van der Waals surface area (Å²) in [4.78, 5) is 8.21. The van der Waals surface area contributed by atoms with E-state index in [0.29, 0.717) is 17.4 Å². The Bertz CT molecular complexity index is 387. The Labute approximate surface area is 96.7 Å². The van der Waals surface area contributed by atoms with Gasteiger partial charge in [-0.2, -0.15) is 4.98 Å². The first-order valence-corrected chi connectivity index (χ1v) is 5.82. The van der Waals surface area contributed by atoms with Crippen LogP contribution in [0.25, 0.3) is 0 Å². The van der Waals surface area contributed by atoms with Crippen LogP contribution in [-0.2, 0) is 0 Å². The third-order valence-electron chi connectivity index (χ3n) is 3.30. The van der Waals surface area contributed by atoms with Crippen molar-refractivity contribution in [3.05, 3.63) is 11.8 Å². The van der Waals surface area contributed by atoms with Crippen LogP contribution >= 0.6 is 0 Å². The zero-order valence-electron chi connectivity index (χ0n) is 10.2. The monoisotopic (exact) mass is 220 g/mol. The van der Waals surface area contributed by atoms with Crippen molar-refractivity contribution in [3.8, 4) is 0 Å². The Morgan fingerprint density at radius 2 is 2.25 bits per heavy atom. The van der Waals surface area contributed by atoms with Crippen LogP contribution in [0.1, 0.15) is 38.7 Å². The van der Waals surface area contributed by atoms with Crippen LogP contribution < -0.4 is 11.1 Å². The van der Waals surface area contributed by atoms with Crippen molar-refractivity contribution in [3.63, 3.8) is 0 Å². The fourth-order valence-electron chi connectivity index (χ4n) is 2.35. The second kappa shape index (κ2) is 3.92. The number of nitrogen functional groups attached to an aromatic ring is 1. The molecule has 0 saturated heterocycles. The van der Waals surface area contributed by atoms with E-state index in [9.17, 15) is 0 Å². The van der Waals surface area contributed by atoms with Crippen LogP contribution in [0.3, 0.4) is 0 Å². The fraction of sp³-hybridized carbons (Fsp3) is 0.667. The Morgan fingerprint density at radius 3 is 2.88 bits per heavy atom. The van der Waals surface area contributed by atoms with Gasteiger partial charge in [0.15, 0.2) is 0 Å². The first-order valence-electron chi connectivity index (χ1n) is 5.82. The molecule has 0 aliphatic heterocycles. The molecule has 4 heteroatoms. The molecular weight excluding hydrogens is 200 g/mol. The smallest absolute Gasteiger partial charge is 0.221 e. The lowest BCUT2D eigenvalue weighted by Gasteiger charge is -2.18. The predicted molar refractivity (Wildman–Crippen MR) is 66.2 cm³/mol. The lowest BCUT2D eigenvalue weighted by Crippen LogP contribution is -2.19. The van der Waals surface area contributed by atoms with E-state index < -0.39 is 0 Å². The minimum absolute atomic E-state index is 0.338. The van der Waals surface area contributed by atoms with Gasteiger partial charge in [-0.05, 0) is 31.6 Å². The first-order chi connectivity index (χ1) is 7.46. The first kappa shape index (κ1) is 11.2. The maximum absolute atomic E-state index is 5.59. The SMILES string of the molecule is Cc1cnc(N)nc1NC1CCC(C)(C)C1. The predicted octanol–water partition coefficient (Wildman–Crippen LogP) is 2.36. The average molecular weight is 220 g/mol. The number of anilines is 2. The summed E-state index contributed by atoms with van der Waals surface area (Å²) in [6.07, 6.45) is 5.43. The fourth-order valence-corrected chi connectivity index (χ4v) is 2.35. The van der Waals surface area contributed by atoms with Gasteiger partial charge >= 0.3 is 0 Å². The van der Waals surface area contributed by atoms with Gasteiger partial charge < -0.3 is 11.1 Å². The normalized spacial score (nSPS) is 23.3. The van der Waals surface area contributed by atoms with Crippen molar-refractivity contribution in [2.45, 2.75) is 46.1 Å². The minimum atomic E-state index is 0.338. The van der Waals surface area contributed by atoms with Crippen molar-refractivity contribution < 1.29 is 0 Å². The topological polar surface area (TPSA) is 63.8 Å². The molecule has 88 valence electrons. The zero-order valence-corrected chi connectivity index (χ0v) is 10.2. The Balaban J connectivity index is 2.07. The van der Waals surface area contributed by atoms with E-state index in [4.69, 9.17) is 5.73 Å². The maximum Gasteiger partial charge on any atom is 0.221 e. The molecule has 0 bridgehead atoms. The van der Waals surface area contributed by atoms with Gasteiger partial charge in [0, 0.05) is 17.8 Å². The summed E-state index contributed by atoms with van der Waals surface area (Å²) in [6, 6.07) is 0.517. The molecule has 1 aromatic heterocycles. The van der Waals surface area contributed by atoms with Crippen molar-refractivity contribution in [2.24, 2.45) is 5.41 Å². The number of aryl methyl sites for hydroxylation is 1. The van der Waals surface area contributed by atoms with Gasteiger partial charge in [0.2, 0.25) is 5.95 Å². The van der Waals surface area contributed by atoms with Crippen molar-refractivity contribution in [1.29, 1.82) is 0 Å². The molecule has 1 unspecified atom stereocenters. The second-order valence-electron chi connectivity index (χ2n) is 5.51. The molecule has 1 aliphatic carbocycles. The number of hydrogen-bond acceptors (Lipinski definition) is 4.